The highest BCUT2D eigenvalue weighted by atomic mass is 35.5. The number of furan rings is 1. The number of amides is 2. The van der Waals surface area contributed by atoms with Gasteiger partial charge < -0.3 is 9.15 Å². The molecule has 1 heterocycles. The molecule has 0 saturated carbocycles. The molecule has 0 aliphatic heterocycles. The van der Waals surface area contributed by atoms with Crippen molar-refractivity contribution in [3.8, 4) is 5.75 Å². The van der Waals surface area contributed by atoms with E-state index in [4.69, 9.17) is 20.8 Å². The van der Waals surface area contributed by atoms with Crippen molar-refractivity contribution in [3.05, 3.63) is 94.9 Å². The summed E-state index contributed by atoms with van der Waals surface area (Å²) in [5.41, 5.74) is 5.96. The van der Waals surface area contributed by atoms with Gasteiger partial charge in [-0.1, -0.05) is 23.7 Å². The number of carbonyl (C=O) groups is 2. The van der Waals surface area contributed by atoms with Crippen molar-refractivity contribution in [1.82, 2.24) is 10.9 Å². The van der Waals surface area contributed by atoms with Crippen LogP contribution < -0.4 is 15.6 Å². The quantitative estimate of drug-likeness (QED) is 0.487. The first-order valence-corrected chi connectivity index (χ1v) is 8.77. The molecule has 3 rings (SSSR count). The van der Waals surface area contributed by atoms with Gasteiger partial charge in [-0.25, -0.2) is 0 Å². The highest BCUT2D eigenvalue weighted by molar-refractivity contribution is 6.30. The van der Waals surface area contributed by atoms with Crippen LogP contribution in [-0.4, -0.2) is 11.8 Å². The zero-order valence-corrected chi connectivity index (χ0v) is 15.5. The summed E-state index contributed by atoms with van der Waals surface area (Å²) in [6, 6.07) is 17.4. The van der Waals surface area contributed by atoms with E-state index in [9.17, 15) is 9.59 Å². The molecule has 142 valence electrons. The van der Waals surface area contributed by atoms with Gasteiger partial charge in [-0.2, -0.15) is 0 Å². The van der Waals surface area contributed by atoms with Crippen LogP contribution in [0.3, 0.4) is 0 Å². The van der Waals surface area contributed by atoms with E-state index in [1.165, 1.54) is 18.4 Å². The van der Waals surface area contributed by atoms with Gasteiger partial charge in [0, 0.05) is 16.7 Å². The Morgan fingerprint density at radius 3 is 2.43 bits per heavy atom. The van der Waals surface area contributed by atoms with Crippen molar-refractivity contribution >= 4 is 29.5 Å². The Kier molecular flexibility index (Phi) is 6.49. The highest BCUT2D eigenvalue weighted by Gasteiger charge is 2.06. The lowest BCUT2D eigenvalue weighted by atomic mass is 10.1. The molecule has 0 unspecified atom stereocenters. The third-order valence-electron chi connectivity index (χ3n) is 3.68. The van der Waals surface area contributed by atoms with E-state index in [0.29, 0.717) is 28.7 Å². The van der Waals surface area contributed by atoms with Gasteiger partial charge in [0.2, 0.25) is 0 Å². The van der Waals surface area contributed by atoms with Crippen molar-refractivity contribution in [1.29, 1.82) is 0 Å². The fraction of sp³-hybridized carbons (Fsp3) is 0.0476. The van der Waals surface area contributed by atoms with Gasteiger partial charge in [-0.15, -0.1) is 0 Å². The molecule has 0 radical (unpaired) electrons. The number of benzene rings is 2. The van der Waals surface area contributed by atoms with Crippen LogP contribution >= 0.6 is 11.6 Å². The van der Waals surface area contributed by atoms with Gasteiger partial charge in [0.15, 0.2) is 0 Å². The Bertz CT molecular complexity index is 949. The molecular weight excluding hydrogens is 380 g/mol. The molecule has 28 heavy (non-hydrogen) atoms. The normalized spacial score (nSPS) is 10.6. The van der Waals surface area contributed by atoms with Crippen molar-refractivity contribution in [2.24, 2.45) is 0 Å². The third-order valence-corrected chi connectivity index (χ3v) is 3.93. The molecule has 3 aromatic rings. The summed E-state index contributed by atoms with van der Waals surface area (Å²) in [6.07, 6.45) is 4.26. The molecule has 7 heteroatoms. The number of carbonyl (C=O) groups excluding carboxylic acids is 2. The summed E-state index contributed by atoms with van der Waals surface area (Å²) < 4.78 is 10.7. The smallest absolute Gasteiger partial charge is 0.269 e. The molecule has 0 saturated heterocycles. The van der Waals surface area contributed by atoms with Crippen LogP contribution in [0.15, 0.2) is 77.4 Å². The minimum Gasteiger partial charge on any atom is -0.489 e. The largest absolute Gasteiger partial charge is 0.489 e. The number of hydrazine groups is 1. The lowest BCUT2D eigenvalue weighted by Crippen LogP contribution is -2.40. The van der Waals surface area contributed by atoms with Crippen LogP contribution in [0.25, 0.3) is 6.08 Å². The van der Waals surface area contributed by atoms with Gasteiger partial charge in [0.25, 0.3) is 11.8 Å². The number of nitrogens with one attached hydrogen (secondary N) is 2. The maximum absolute atomic E-state index is 12.1. The van der Waals surface area contributed by atoms with E-state index in [1.54, 1.807) is 60.7 Å². The number of halogens is 1. The van der Waals surface area contributed by atoms with E-state index in [2.05, 4.69) is 10.9 Å². The first-order valence-electron chi connectivity index (χ1n) is 8.39. The second-order valence-electron chi connectivity index (χ2n) is 5.73. The number of ether oxygens (including phenoxy) is 1. The molecular formula is C21H17ClN2O4. The van der Waals surface area contributed by atoms with Gasteiger partial charge in [0.1, 0.15) is 18.1 Å². The average molecular weight is 397 g/mol. The maximum atomic E-state index is 12.1. The van der Waals surface area contributed by atoms with E-state index in [1.807, 2.05) is 0 Å². The first-order chi connectivity index (χ1) is 13.6. The zero-order chi connectivity index (χ0) is 19.8. The number of hydrogen-bond donors (Lipinski definition) is 2. The van der Waals surface area contributed by atoms with Gasteiger partial charge in [-0.05, 0) is 60.2 Å². The summed E-state index contributed by atoms with van der Waals surface area (Å²) in [6.45, 7) is 0.359. The van der Waals surface area contributed by atoms with Crippen LogP contribution in [0, 0.1) is 0 Å². The minimum absolute atomic E-state index is 0.359. The molecule has 6 nitrogen and oxygen atoms in total. The molecule has 2 amide bonds. The Labute approximate surface area is 166 Å². The Balaban J connectivity index is 1.46. The molecule has 2 aromatic carbocycles. The molecule has 2 N–H and O–H groups in total. The topological polar surface area (TPSA) is 80.6 Å². The van der Waals surface area contributed by atoms with Crippen LogP contribution in [0.2, 0.25) is 5.02 Å². The molecule has 0 aliphatic carbocycles. The van der Waals surface area contributed by atoms with Gasteiger partial charge >= 0.3 is 0 Å². The molecule has 0 fully saturated rings. The first kappa shape index (κ1) is 19.3. The monoisotopic (exact) mass is 396 g/mol. The fourth-order valence-electron chi connectivity index (χ4n) is 2.23. The molecule has 1 aromatic heterocycles. The van der Waals surface area contributed by atoms with Crippen molar-refractivity contribution in [2.45, 2.75) is 6.61 Å². The number of hydrogen-bond acceptors (Lipinski definition) is 4. The second-order valence-corrected chi connectivity index (χ2v) is 6.17. The summed E-state index contributed by atoms with van der Waals surface area (Å²) in [7, 11) is 0. The summed E-state index contributed by atoms with van der Waals surface area (Å²) in [4.78, 5) is 23.8. The fourth-order valence-corrected chi connectivity index (χ4v) is 2.35. The Morgan fingerprint density at radius 1 is 1.00 bits per heavy atom. The van der Waals surface area contributed by atoms with E-state index >= 15 is 0 Å². The SMILES string of the molecule is O=C(/C=C/c1ccco1)NNC(=O)c1ccc(COc2ccc(Cl)cc2)cc1. The lowest BCUT2D eigenvalue weighted by molar-refractivity contribution is -0.117. The van der Waals surface area contributed by atoms with Crippen LogP contribution in [-0.2, 0) is 11.4 Å². The lowest BCUT2D eigenvalue weighted by Gasteiger charge is -2.08. The Morgan fingerprint density at radius 2 is 1.75 bits per heavy atom. The summed E-state index contributed by atoms with van der Waals surface area (Å²) in [5, 5.41) is 0.645. The van der Waals surface area contributed by atoms with E-state index < -0.39 is 11.8 Å². The second kappa shape index (κ2) is 9.43. The van der Waals surface area contributed by atoms with Gasteiger partial charge in [0.05, 0.1) is 6.26 Å². The van der Waals surface area contributed by atoms with Crippen molar-refractivity contribution in [2.75, 3.05) is 0 Å². The maximum Gasteiger partial charge on any atom is 0.269 e. The highest BCUT2D eigenvalue weighted by Crippen LogP contribution is 2.17. The minimum atomic E-state index is -0.474. The van der Waals surface area contributed by atoms with Crippen LogP contribution in [0.1, 0.15) is 21.7 Å². The standard InChI is InChI=1S/C21H17ClN2O4/c22-17-7-9-19(10-8-17)28-14-15-3-5-16(6-4-15)21(26)24-23-20(25)12-11-18-2-1-13-27-18/h1-13H,14H2,(H,23,25)(H,24,26)/b12-11+. The summed E-state index contributed by atoms with van der Waals surface area (Å²) >= 11 is 5.83. The van der Waals surface area contributed by atoms with E-state index in [-0.39, 0.29) is 0 Å². The molecule has 0 bridgehead atoms. The predicted octanol–water partition coefficient (Wildman–Crippen LogP) is 3.99. The third kappa shape index (κ3) is 5.75. The average Bonchev–Trinajstić information content (AvgIpc) is 3.24. The summed E-state index contributed by atoms with van der Waals surface area (Å²) in [5.74, 6) is 0.345. The van der Waals surface area contributed by atoms with E-state index in [0.717, 1.165) is 5.56 Å². The van der Waals surface area contributed by atoms with Crippen LogP contribution in [0.4, 0.5) is 0 Å². The molecule has 0 atom stereocenters. The Hall–Kier alpha value is -3.51. The molecule has 0 aliphatic rings. The number of rotatable bonds is 6. The van der Waals surface area contributed by atoms with Crippen LogP contribution in [0.5, 0.6) is 5.75 Å². The van der Waals surface area contributed by atoms with Gasteiger partial charge in [-0.3, -0.25) is 20.4 Å². The zero-order valence-electron chi connectivity index (χ0n) is 14.7. The molecule has 0 spiro atoms. The predicted molar refractivity (Wildman–Crippen MR) is 106 cm³/mol. The van der Waals surface area contributed by atoms with Crippen molar-refractivity contribution in [3.63, 3.8) is 0 Å². The van der Waals surface area contributed by atoms with Crippen molar-refractivity contribution < 1.29 is 18.7 Å².